The van der Waals surface area contributed by atoms with Crippen LogP contribution < -0.4 is 9.64 Å². The second kappa shape index (κ2) is 10.7. The minimum atomic E-state index is -0.557. The predicted molar refractivity (Wildman–Crippen MR) is 153 cm³/mol. The monoisotopic (exact) mass is 495 g/mol. The Bertz CT molecular complexity index is 1360. The van der Waals surface area contributed by atoms with Gasteiger partial charge in [-0.15, -0.1) is 0 Å². The Kier molecular flexibility index (Phi) is 7.58. The van der Waals surface area contributed by atoms with Crippen LogP contribution >= 0.6 is 0 Å². The maximum absolute atomic E-state index is 12.4. The lowest BCUT2D eigenvalue weighted by atomic mass is 9.96. The molecule has 0 aliphatic carbocycles. The number of fused-ring (bicyclic) bond motifs is 1. The van der Waals surface area contributed by atoms with Gasteiger partial charge >= 0.3 is 5.97 Å². The number of para-hydroxylation sites is 1. The molecule has 0 N–H and O–H groups in total. The summed E-state index contributed by atoms with van der Waals surface area (Å²) in [4.78, 5) is 14.7. The third-order valence-corrected chi connectivity index (χ3v) is 6.01. The van der Waals surface area contributed by atoms with E-state index in [1.807, 2.05) is 32.9 Å². The maximum atomic E-state index is 12.4. The van der Waals surface area contributed by atoms with Gasteiger partial charge in [-0.3, -0.25) is 0 Å². The summed E-state index contributed by atoms with van der Waals surface area (Å²) in [6, 6.07) is 31.4. The van der Waals surface area contributed by atoms with E-state index in [1.54, 1.807) is 0 Å². The van der Waals surface area contributed by atoms with Crippen molar-refractivity contribution in [1.29, 1.82) is 0 Å². The largest absolute Gasteiger partial charge is 0.482 e. The van der Waals surface area contributed by atoms with Crippen molar-refractivity contribution in [3.05, 3.63) is 102 Å². The maximum Gasteiger partial charge on any atom is 0.344 e. The normalized spacial score (nSPS) is 11.8. The molecule has 0 radical (unpaired) electrons. The standard InChI is InChI=1S/C33H37NO3/c1-32(2,3)34(27-16-8-7-9-17-27)28-19-20-30(36-23-31(35)37-33(4,5)6)26(22-28)21-25-15-12-14-24-13-10-11-18-29(24)25/h7-20,22H,21,23H2,1-6H3. The zero-order chi connectivity index (χ0) is 26.6. The highest BCUT2D eigenvalue weighted by Gasteiger charge is 2.25. The highest BCUT2D eigenvalue weighted by Crippen LogP contribution is 2.37. The first-order chi connectivity index (χ1) is 17.5. The molecule has 0 fully saturated rings. The van der Waals surface area contributed by atoms with Crippen LogP contribution in [0.5, 0.6) is 5.75 Å². The topological polar surface area (TPSA) is 38.8 Å². The van der Waals surface area contributed by atoms with Crippen LogP contribution in [0.15, 0.2) is 91.0 Å². The van der Waals surface area contributed by atoms with Gasteiger partial charge < -0.3 is 14.4 Å². The van der Waals surface area contributed by atoms with Crippen LogP contribution in [0.25, 0.3) is 10.8 Å². The molecular formula is C33H37NO3. The zero-order valence-corrected chi connectivity index (χ0v) is 22.7. The molecule has 0 saturated carbocycles. The number of hydrogen-bond donors (Lipinski definition) is 0. The van der Waals surface area contributed by atoms with Crippen molar-refractivity contribution in [2.45, 2.75) is 59.1 Å². The smallest absolute Gasteiger partial charge is 0.344 e. The van der Waals surface area contributed by atoms with Gasteiger partial charge in [0.15, 0.2) is 6.61 Å². The van der Waals surface area contributed by atoms with E-state index < -0.39 is 5.60 Å². The van der Waals surface area contributed by atoms with Crippen LogP contribution in [0.2, 0.25) is 0 Å². The third-order valence-electron chi connectivity index (χ3n) is 6.01. The quantitative estimate of drug-likeness (QED) is 0.243. The molecule has 0 amide bonds. The van der Waals surface area contributed by atoms with Gasteiger partial charge in [-0.25, -0.2) is 4.79 Å². The first kappa shape index (κ1) is 26.3. The number of ether oxygens (including phenoxy) is 2. The number of carbonyl (C=O) groups is 1. The van der Waals surface area contributed by atoms with E-state index in [-0.39, 0.29) is 18.1 Å². The summed E-state index contributed by atoms with van der Waals surface area (Å²) in [5.74, 6) is 0.303. The molecule has 192 valence electrons. The molecule has 0 saturated heterocycles. The SMILES string of the molecule is CC(C)(C)OC(=O)COc1ccc(N(c2ccccc2)C(C)(C)C)cc1Cc1cccc2ccccc12. The van der Waals surface area contributed by atoms with E-state index in [4.69, 9.17) is 9.47 Å². The summed E-state index contributed by atoms with van der Waals surface area (Å²) in [5, 5.41) is 2.41. The Balaban J connectivity index is 1.75. The summed E-state index contributed by atoms with van der Waals surface area (Å²) < 4.78 is 11.5. The molecule has 0 aliphatic rings. The second-order valence-corrected chi connectivity index (χ2v) is 11.3. The number of carbonyl (C=O) groups excluding carboxylic acids is 1. The van der Waals surface area contributed by atoms with Gasteiger partial charge in [-0.05, 0) is 88.2 Å². The molecule has 4 rings (SSSR count). The number of nitrogens with zero attached hydrogens (tertiary/aromatic N) is 1. The summed E-state index contributed by atoms with van der Waals surface area (Å²) >= 11 is 0. The summed E-state index contributed by atoms with van der Waals surface area (Å²) in [7, 11) is 0. The number of esters is 1. The van der Waals surface area contributed by atoms with Crippen LogP contribution in [0.3, 0.4) is 0 Å². The Hall–Kier alpha value is -3.79. The van der Waals surface area contributed by atoms with E-state index in [0.29, 0.717) is 12.2 Å². The highest BCUT2D eigenvalue weighted by molar-refractivity contribution is 5.86. The van der Waals surface area contributed by atoms with Gasteiger partial charge in [0.2, 0.25) is 0 Å². The molecule has 0 unspecified atom stereocenters. The first-order valence-electron chi connectivity index (χ1n) is 12.8. The molecule has 4 nitrogen and oxygen atoms in total. The van der Waals surface area contributed by atoms with E-state index >= 15 is 0 Å². The molecule has 4 aromatic rings. The van der Waals surface area contributed by atoms with Gasteiger partial charge in [-0.1, -0.05) is 60.7 Å². The number of benzene rings is 4. The third kappa shape index (κ3) is 6.71. The molecule has 0 aliphatic heterocycles. The summed E-state index contributed by atoms with van der Waals surface area (Å²) in [6.07, 6.45) is 0.672. The zero-order valence-electron chi connectivity index (χ0n) is 22.7. The summed E-state index contributed by atoms with van der Waals surface area (Å²) in [5.41, 5.74) is 3.70. The first-order valence-corrected chi connectivity index (χ1v) is 12.8. The lowest BCUT2D eigenvalue weighted by Gasteiger charge is -2.38. The van der Waals surface area contributed by atoms with Crippen LogP contribution in [-0.4, -0.2) is 23.7 Å². The van der Waals surface area contributed by atoms with Gasteiger partial charge in [0.25, 0.3) is 0 Å². The number of anilines is 2. The van der Waals surface area contributed by atoms with Gasteiger partial charge in [0, 0.05) is 28.9 Å². The van der Waals surface area contributed by atoms with Crippen LogP contribution in [0.1, 0.15) is 52.7 Å². The van der Waals surface area contributed by atoms with Crippen molar-refractivity contribution in [3.8, 4) is 5.75 Å². The van der Waals surface area contributed by atoms with Gasteiger partial charge in [0.1, 0.15) is 11.4 Å². The minimum absolute atomic E-state index is 0.138. The highest BCUT2D eigenvalue weighted by atomic mass is 16.6. The lowest BCUT2D eigenvalue weighted by molar-refractivity contribution is -0.157. The summed E-state index contributed by atoms with van der Waals surface area (Å²) in [6.45, 7) is 12.1. The van der Waals surface area contributed by atoms with Crippen molar-refractivity contribution >= 4 is 28.1 Å². The van der Waals surface area contributed by atoms with Crippen molar-refractivity contribution < 1.29 is 14.3 Å². The molecule has 4 aromatic carbocycles. The molecule has 0 aromatic heterocycles. The second-order valence-electron chi connectivity index (χ2n) is 11.3. The van der Waals surface area contributed by atoms with Crippen molar-refractivity contribution in [2.75, 3.05) is 11.5 Å². The number of rotatable bonds is 7. The van der Waals surface area contributed by atoms with Crippen LogP contribution in [0.4, 0.5) is 11.4 Å². The number of hydrogen-bond acceptors (Lipinski definition) is 4. The Morgan fingerprint density at radius 2 is 1.41 bits per heavy atom. The van der Waals surface area contributed by atoms with E-state index in [1.165, 1.54) is 16.3 Å². The average Bonchev–Trinajstić information content (AvgIpc) is 2.83. The van der Waals surface area contributed by atoms with Crippen molar-refractivity contribution in [3.63, 3.8) is 0 Å². The molecule has 0 heterocycles. The Morgan fingerprint density at radius 1 is 0.730 bits per heavy atom. The van der Waals surface area contributed by atoms with Crippen LogP contribution in [0, 0.1) is 0 Å². The Labute approximate surface area is 220 Å². The molecule has 0 bridgehead atoms. The predicted octanol–water partition coefficient (Wildman–Crippen LogP) is 8.09. The van der Waals surface area contributed by atoms with E-state index in [2.05, 4.69) is 105 Å². The molecule has 37 heavy (non-hydrogen) atoms. The molecule has 0 atom stereocenters. The van der Waals surface area contributed by atoms with Crippen LogP contribution in [-0.2, 0) is 16.0 Å². The van der Waals surface area contributed by atoms with E-state index in [0.717, 1.165) is 16.9 Å². The minimum Gasteiger partial charge on any atom is -0.482 e. The fourth-order valence-corrected chi connectivity index (χ4v) is 4.64. The fraction of sp³-hybridized carbons (Fsp3) is 0.303. The van der Waals surface area contributed by atoms with Crippen molar-refractivity contribution in [1.82, 2.24) is 0 Å². The fourth-order valence-electron chi connectivity index (χ4n) is 4.64. The van der Waals surface area contributed by atoms with Gasteiger partial charge in [-0.2, -0.15) is 0 Å². The Morgan fingerprint density at radius 3 is 2.11 bits per heavy atom. The van der Waals surface area contributed by atoms with Gasteiger partial charge in [0.05, 0.1) is 0 Å². The lowest BCUT2D eigenvalue weighted by Crippen LogP contribution is -2.37. The van der Waals surface area contributed by atoms with E-state index in [9.17, 15) is 4.79 Å². The van der Waals surface area contributed by atoms with Crippen molar-refractivity contribution in [2.24, 2.45) is 0 Å². The molecule has 4 heteroatoms. The average molecular weight is 496 g/mol. The molecule has 0 spiro atoms. The molecular weight excluding hydrogens is 458 g/mol.